The van der Waals surface area contributed by atoms with Gasteiger partial charge in [-0.15, -0.1) is 21.5 Å². The van der Waals surface area contributed by atoms with E-state index >= 15 is 0 Å². The maximum atomic E-state index is 12.9. The molecule has 0 aliphatic heterocycles. The predicted molar refractivity (Wildman–Crippen MR) is 137 cm³/mol. The first-order valence-electron chi connectivity index (χ1n) is 11.4. The van der Waals surface area contributed by atoms with Gasteiger partial charge in [0.15, 0.2) is 11.0 Å². The van der Waals surface area contributed by atoms with Gasteiger partial charge in [0.2, 0.25) is 0 Å². The molecule has 0 radical (unpaired) electrons. The van der Waals surface area contributed by atoms with Crippen LogP contribution in [0.2, 0.25) is 0 Å². The number of nitrogens with zero attached hydrogens (tertiary/aromatic N) is 6. The fourth-order valence-corrected chi connectivity index (χ4v) is 5.33. The summed E-state index contributed by atoms with van der Waals surface area (Å²) in [7, 11) is 0. The van der Waals surface area contributed by atoms with Crippen molar-refractivity contribution in [2.75, 3.05) is 13.1 Å². The molecule has 3 heterocycles. The van der Waals surface area contributed by atoms with Crippen LogP contribution in [0.1, 0.15) is 47.7 Å². The number of amides is 1. The highest BCUT2D eigenvalue weighted by Gasteiger charge is 2.20. The number of hydrogen-bond acceptors (Lipinski definition) is 7. The minimum absolute atomic E-state index is 0.0119. The summed E-state index contributed by atoms with van der Waals surface area (Å²) >= 11 is 3.07. The van der Waals surface area contributed by atoms with E-state index in [1.807, 2.05) is 27.0 Å². The number of aryl methyl sites for hydroxylation is 1. The minimum Gasteiger partial charge on any atom is -0.337 e. The van der Waals surface area contributed by atoms with Crippen LogP contribution >= 0.6 is 23.1 Å². The lowest BCUT2D eigenvalue weighted by Crippen LogP contribution is -2.32. The van der Waals surface area contributed by atoms with Crippen molar-refractivity contribution in [2.45, 2.75) is 44.5 Å². The van der Waals surface area contributed by atoms with Crippen LogP contribution in [0.3, 0.4) is 0 Å². The van der Waals surface area contributed by atoms with Crippen molar-refractivity contribution in [1.82, 2.24) is 29.6 Å². The van der Waals surface area contributed by atoms with Gasteiger partial charge in [-0.2, -0.15) is 0 Å². The molecule has 9 heteroatoms. The van der Waals surface area contributed by atoms with E-state index in [0.717, 1.165) is 53.2 Å². The van der Waals surface area contributed by atoms with Crippen LogP contribution in [0.25, 0.3) is 17.1 Å². The monoisotopic (exact) mass is 492 g/mol. The van der Waals surface area contributed by atoms with E-state index in [1.54, 1.807) is 24.2 Å². The summed E-state index contributed by atoms with van der Waals surface area (Å²) in [4.78, 5) is 23.6. The summed E-state index contributed by atoms with van der Waals surface area (Å²) in [5.41, 5.74) is 3.60. The van der Waals surface area contributed by atoms with E-state index in [-0.39, 0.29) is 5.91 Å². The number of thiazole rings is 1. The van der Waals surface area contributed by atoms with Crippen molar-refractivity contribution in [3.63, 3.8) is 0 Å². The van der Waals surface area contributed by atoms with E-state index in [9.17, 15) is 4.79 Å². The van der Waals surface area contributed by atoms with Crippen LogP contribution < -0.4 is 0 Å². The standard InChI is InChI=1S/C25H28N6OS2/c1-4-13-30(14-5-2)24(32)21-16-33-22(27-21)17-34-25-29-28-23(19-7-6-12-26-15-19)31(25)20-10-8-18(3)9-11-20/h6-12,15-16H,4-5,13-14,17H2,1-3H3. The average molecular weight is 493 g/mol. The molecule has 1 aromatic carbocycles. The molecular formula is C25H28N6OS2. The highest BCUT2D eigenvalue weighted by molar-refractivity contribution is 7.98. The van der Waals surface area contributed by atoms with Crippen molar-refractivity contribution in [2.24, 2.45) is 0 Å². The number of pyridine rings is 1. The predicted octanol–water partition coefficient (Wildman–Crippen LogP) is 5.65. The van der Waals surface area contributed by atoms with Crippen LogP contribution in [0.5, 0.6) is 0 Å². The number of carbonyl (C=O) groups excluding carboxylic acids is 1. The lowest BCUT2D eigenvalue weighted by Gasteiger charge is -2.20. The minimum atomic E-state index is 0.0119. The first-order valence-corrected chi connectivity index (χ1v) is 13.3. The second-order valence-electron chi connectivity index (χ2n) is 7.93. The summed E-state index contributed by atoms with van der Waals surface area (Å²) in [5.74, 6) is 1.36. The molecule has 0 aliphatic rings. The second-order valence-corrected chi connectivity index (χ2v) is 9.81. The molecule has 34 heavy (non-hydrogen) atoms. The number of aromatic nitrogens is 5. The molecule has 0 saturated heterocycles. The van der Waals surface area contributed by atoms with Crippen LogP contribution in [0.15, 0.2) is 59.3 Å². The van der Waals surface area contributed by atoms with Gasteiger partial charge in [0.25, 0.3) is 5.91 Å². The first kappa shape index (κ1) is 24.1. The zero-order valence-electron chi connectivity index (χ0n) is 19.6. The molecule has 0 bridgehead atoms. The lowest BCUT2D eigenvalue weighted by atomic mass is 10.2. The van der Waals surface area contributed by atoms with Gasteiger partial charge in [0.05, 0.1) is 5.75 Å². The summed E-state index contributed by atoms with van der Waals surface area (Å²) in [5, 5.41) is 12.5. The zero-order valence-corrected chi connectivity index (χ0v) is 21.3. The number of benzene rings is 1. The van der Waals surface area contributed by atoms with Crippen molar-refractivity contribution < 1.29 is 4.79 Å². The Kier molecular flexibility index (Phi) is 8.08. The highest BCUT2D eigenvalue weighted by atomic mass is 32.2. The number of thioether (sulfide) groups is 1. The number of rotatable bonds is 10. The molecule has 0 N–H and O–H groups in total. The highest BCUT2D eigenvalue weighted by Crippen LogP contribution is 2.30. The Labute approximate surface area is 208 Å². The van der Waals surface area contributed by atoms with Crippen molar-refractivity contribution >= 4 is 29.0 Å². The van der Waals surface area contributed by atoms with Crippen molar-refractivity contribution in [3.8, 4) is 17.1 Å². The molecule has 0 unspecified atom stereocenters. The zero-order chi connectivity index (χ0) is 23.9. The van der Waals surface area contributed by atoms with Crippen LogP contribution in [0, 0.1) is 6.92 Å². The van der Waals surface area contributed by atoms with E-state index in [1.165, 1.54) is 16.9 Å². The van der Waals surface area contributed by atoms with Gasteiger partial charge < -0.3 is 4.90 Å². The molecule has 3 aromatic heterocycles. The quantitative estimate of drug-likeness (QED) is 0.266. The fraction of sp³-hybridized carbons (Fsp3) is 0.320. The van der Waals surface area contributed by atoms with Crippen molar-refractivity contribution in [3.05, 3.63) is 70.4 Å². The maximum Gasteiger partial charge on any atom is 0.273 e. The van der Waals surface area contributed by atoms with Gasteiger partial charge in [-0.25, -0.2) is 4.98 Å². The van der Waals surface area contributed by atoms with Gasteiger partial charge in [0, 0.05) is 42.1 Å². The van der Waals surface area contributed by atoms with Gasteiger partial charge in [0.1, 0.15) is 10.7 Å². The van der Waals surface area contributed by atoms with E-state index in [2.05, 4.69) is 65.2 Å². The molecular weight excluding hydrogens is 464 g/mol. The molecule has 4 aromatic rings. The number of hydrogen-bond donors (Lipinski definition) is 0. The lowest BCUT2D eigenvalue weighted by molar-refractivity contribution is 0.0750. The molecule has 176 valence electrons. The Bertz CT molecular complexity index is 1210. The summed E-state index contributed by atoms with van der Waals surface area (Å²) < 4.78 is 2.05. The molecule has 0 saturated carbocycles. The van der Waals surface area contributed by atoms with Crippen LogP contribution in [-0.4, -0.2) is 48.6 Å². The van der Waals surface area contributed by atoms with Gasteiger partial charge >= 0.3 is 0 Å². The van der Waals surface area contributed by atoms with E-state index in [4.69, 9.17) is 0 Å². The molecule has 0 spiro atoms. The Hall–Kier alpha value is -3.04. The Morgan fingerprint density at radius 2 is 1.85 bits per heavy atom. The van der Waals surface area contributed by atoms with Crippen molar-refractivity contribution in [1.29, 1.82) is 0 Å². The maximum absolute atomic E-state index is 12.9. The molecule has 7 nitrogen and oxygen atoms in total. The normalized spacial score (nSPS) is 11.0. The van der Waals surface area contributed by atoms with E-state index in [0.29, 0.717) is 11.4 Å². The first-order chi connectivity index (χ1) is 16.6. The summed E-state index contributed by atoms with van der Waals surface area (Å²) in [6.07, 6.45) is 5.41. The molecule has 0 fully saturated rings. The van der Waals surface area contributed by atoms with Crippen LogP contribution in [-0.2, 0) is 5.75 Å². The molecule has 0 aliphatic carbocycles. The molecule has 4 rings (SSSR count). The van der Waals surface area contributed by atoms with Gasteiger partial charge in [-0.3, -0.25) is 14.3 Å². The molecule has 0 atom stereocenters. The average Bonchev–Trinajstić information content (AvgIpc) is 3.51. The largest absolute Gasteiger partial charge is 0.337 e. The third kappa shape index (κ3) is 5.53. The topological polar surface area (TPSA) is 76.8 Å². The van der Waals surface area contributed by atoms with Gasteiger partial charge in [-0.05, 0) is 44.0 Å². The number of carbonyl (C=O) groups is 1. The molecule has 1 amide bonds. The Balaban J connectivity index is 1.57. The van der Waals surface area contributed by atoms with Crippen LogP contribution in [0.4, 0.5) is 0 Å². The third-order valence-electron chi connectivity index (χ3n) is 5.22. The Morgan fingerprint density at radius 3 is 2.53 bits per heavy atom. The Morgan fingerprint density at radius 1 is 1.09 bits per heavy atom. The summed E-state index contributed by atoms with van der Waals surface area (Å²) in [6, 6.07) is 12.2. The SMILES string of the molecule is CCCN(CCC)C(=O)c1csc(CSc2nnc(-c3cccnc3)n2-c2ccc(C)cc2)n1. The smallest absolute Gasteiger partial charge is 0.273 e. The summed E-state index contributed by atoms with van der Waals surface area (Å²) in [6.45, 7) is 7.75. The van der Waals surface area contributed by atoms with Gasteiger partial charge in [-0.1, -0.05) is 43.3 Å². The second kappa shape index (κ2) is 11.4. The fourth-order valence-electron chi connectivity index (χ4n) is 3.59. The third-order valence-corrected chi connectivity index (χ3v) is 7.19. The van der Waals surface area contributed by atoms with E-state index < -0.39 is 0 Å².